The number of nitrogens with zero attached hydrogens (tertiary/aromatic N) is 3. The number of carbonyl (C=O) groups excluding carboxylic acids is 2. The lowest BCUT2D eigenvalue weighted by molar-refractivity contribution is 0.0693. The first kappa shape index (κ1) is 13.2. The average Bonchev–Trinajstić information content (AvgIpc) is 2.70. The van der Waals surface area contributed by atoms with Crippen molar-refractivity contribution in [1.82, 2.24) is 14.9 Å². The predicted octanol–water partition coefficient (Wildman–Crippen LogP) is 1.62. The van der Waals surface area contributed by atoms with E-state index < -0.39 is 0 Å². The molecule has 2 aromatic rings. The number of rotatable bonds is 3. The fraction of sp³-hybridized carbons (Fsp3) is 0.200. The van der Waals surface area contributed by atoms with Crippen molar-refractivity contribution >= 4 is 17.5 Å². The molecule has 2 heterocycles. The number of fused-ring (bicyclic) bond motifs is 1. The molecule has 0 aliphatic carbocycles. The topological polar surface area (TPSA) is 75.2 Å². The van der Waals surface area contributed by atoms with E-state index in [9.17, 15) is 9.59 Å². The van der Waals surface area contributed by atoms with Crippen LogP contribution in [0.5, 0.6) is 0 Å². The second kappa shape index (κ2) is 4.97. The minimum absolute atomic E-state index is 0.257. The van der Waals surface area contributed by atoms with Gasteiger partial charge in [0.05, 0.1) is 23.4 Å². The lowest BCUT2D eigenvalue weighted by Crippen LogP contribution is -2.24. The number of nitrogens with one attached hydrogen (secondary N) is 1. The van der Waals surface area contributed by atoms with Crippen molar-refractivity contribution in [2.75, 3.05) is 12.4 Å². The van der Waals surface area contributed by atoms with Crippen molar-refractivity contribution in [1.29, 1.82) is 0 Å². The standard InChI is InChI=1S/C15H14N4O2/c1-9-16-6-5-11(18-9)8-17-10-3-4-12-13(7-10)15(21)19(2)14(12)20/h3-7,17H,8H2,1-2H3. The maximum absolute atomic E-state index is 11.9. The third kappa shape index (κ3) is 2.35. The molecule has 0 radical (unpaired) electrons. The van der Waals surface area contributed by atoms with Gasteiger partial charge in [0.25, 0.3) is 11.8 Å². The van der Waals surface area contributed by atoms with Crippen molar-refractivity contribution in [3.63, 3.8) is 0 Å². The monoisotopic (exact) mass is 282 g/mol. The SMILES string of the molecule is Cc1nccc(CNc2ccc3c(c2)C(=O)N(C)C3=O)n1. The van der Waals surface area contributed by atoms with Crippen LogP contribution in [-0.4, -0.2) is 33.7 Å². The van der Waals surface area contributed by atoms with Crippen LogP contribution in [0.2, 0.25) is 0 Å². The third-order valence-electron chi connectivity index (χ3n) is 3.40. The first-order chi connectivity index (χ1) is 10.1. The fourth-order valence-corrected chi connectivity index (χ4v) is 2.27. The lowest BCUT2D eigenvalue weighted by atomic mass is 10.1. The van der Waals surface area contributed by atoms with Crippen LogP contribution in [0.25, 0.3) is 0 Å². The highest BCUT2D eigenvalue weighted by Gasteiger charge is 2.32. The van der Waals surface area contributed by atoms with Crippen LogP contribution in [0.15, 0.2) is 30.5 Å². The maximum Gasteiger partial charge on any atom is 0.261 e. The molecule has 0 atom stereocenters. The third-order valence-corrected chi connectivity index (χ3v) is 3.40. The van der Waals surface area contributed by atoms with Gasteiger partial charge in [-0.15, -0.1) is 0 Å². The van der Waals surface area contributed by atoms with Crippen molar-refractivity contribution in [3.05, 3.63) is 53.1 Å². The summed E-state index contributed by atoms with van der Waals surface area (Å²) < 4.78 is 0. The molecule has 0 unspecified atom stereocenters. The van der Waals surface area contributed by atoms with Crippen LogP contribution in [0.4, 0.5) is 5.69 Å². The number of benzene rings is 1. The Morgan fingerprint density at radius 2 is 1.90 bits per heavy atom. The highest BCUT2D eigenvalue weighted by atomic mass is 16.2. The molecule has 21 heavy (non-hydrogen) atoms. The number of anilines is 1. The Morgan fingerprint density at radius 3 is 2.67 bits per heavy atom. The van der Waals surface area contributed by atoms with Crippen LogP contribution in [-0.2, 0) is 6.54 Å². The van der Waals surface area contributed by atoms with Gasteiger partial charge >= 0.3 is 0 Å². The molecule has 1 aliphatic rings. The Balaban J connectivity index is 1.80. The minimum Gasteiger partial charge on any atom is -0.379 e. The van der Waals surface area contributed by atoms with Crippen LogP contribution in [0.3, 0.4) is 0 Å². The summed E-state index contributed by atoms with van der Waals surface area (Å²) in [6.45, 7) is 2.36. The zero-order valence-corrected chi connectivity index (χ0v) is 11.8. The molecule has 0 fully saturated rings. The van der Waals surface area contributed by atoms with Crippen LogP contribution in [0.1, 0.15) is 32.2 Å². The van der Waals surface area contributed by atoms with Gasteiger partial charge in [-0.1, -0.05) is 0 Å². The molecule has 0 bridgehead atoms. The number of aryl methyl sites for hydroxylation is 1. The maximum atomic E-state index is 11.9. The van der Waals surface area contributed by atoms with Gasteiger partial charge in [-0.2, -0.15) is 0 Å². The molecule has 1 N–H and O–H groups in total. The molecule has 0 spiro atoms. The molecule has 0 saturated carbocycles. The normalized spacial score (nSPS) is 13.5. The van der Waals surface area contributed by atoms with Crippen molar-refractivity contribution in [3.8, 4) is 0 Å². The number of carbonyl (C=O) groups is 2. The summed E-state index contributed by atoms with van der Waals surface area (Å²) in [4.78, 5) is 33.2. The highest BCUT2D eigenvalue weighted by molar-refractivity contribution is 6.21. The molecule has 6 nitrogen and oxygen atoms in total. The smallest absolute Gasteiger partial charge is 0.261 e. The number of aromatic nitrogens is 2. The van der Waals surface area contributed by atoms with Gasteiger partial charge in [0.1, 0.15) is 5.82 Å². The Morgan fingerprint density at radius 1 is 1.14 bits per heavy atom. The quantitative estimate of drug-likeness (QED) is 0.866. The molecular weight excluding hydrogens is 268 g/mol. The highest BCUT2D eigenvalue weighted by Crippen LogP contribution is 2.24. The van der Waals surface area contributed by atoms with Crippen molar-refractivity contribution in [2.45, 2.75) is 13.5 Å². The first-order valence-electron chi connectivity index (χ1n) is 6.55. The Labute approximate surface area is 121 Å². The minimum atomic E-state index is -0.267. The molecule has 106 valence electrons. The summed E-state index contributed by atoms with van der Waals surface area (Å²) >= 11 is 0. The summed E-state index contributed by atoms with van der Waals surface area (Å²) in [6, 6.07) is 6.99. The zero-order valence-electron chi connectivity index (χ0n) is 11.8. The van der Waals surface area contributed by atoms with Gasteiger partial charge in [-0.3, -0.25) is 14.5 Å². The van der Waals surface area contributed by atoms with E-state index in [2.05, 4.69) is 15.3 Å². The van der Waals surface area contributed by atoms with E-state index in [1.54, 1.807) is 24.4 Å². The zero-order chi connectivity index (χ0) is 15.0. The second-order valence-electron chi connectivity index (χ2n) is 4.88. The van der Waals surface area contributed by atoms with Gasteiger partial charge in [0.15, 0.2) is 0 Å². The van der Waals surface area contributed by atoms with E-state index in [1.807, 2.05) is 13.0 Å². The van der Waals surface area contributed by atoms with Crippen LogP contribution >= 0.6 is 0 Å². The summed E-state index contributed by atoms with van der Waals surface area (Å²) in [5, 5.41) is 3.20. The molecule has 1 aromatic carbocycles. The number of amides is 2. The molecule has 0 saturated heterocycles. The van der Waals surface area contributed by atoms with Crippen LogP contribution in [0, 0.1) is 6.92 Å². The lowest BCUT2D eigenvalue weighted by Gasteiger charge is -2.07. The van der Waals surface area contributed by atoms with E-state index in [-0.39, 0.29) is 11.8 Å². The van der Waals surface area contributed by atoms with Gasteiger partial charge in [-0.05, 0) is 31.2 Å². The Kier molecular flexibility index (Phi) is 3.13. The molecule has 1 aromatic heterocycles. The summed E-state index contributed by atoms with van der Waals surface area (Å²) in [5.74, 6) is 0.190. The summed E-state index contributed by atoms with van der Waals surface area (Å²) in [7, 11) is 1.49. The van der Waals surface area contributed by atoms with Gasteiger partial charge < -0.3 is 5.32 Å². The van der Waals surface area contributed by atoms with Gasteiger partial charge in [0, 0.05) is 18.9 Å². The predicted molar refractivity (Wildman–Crippen MR) is 77.0 cm³/mol. The largest absolute Gasteiger partial charge is 0.379 e. The van der Waals surface area contributed by atoms with Crippen LogP contribution < -0.4 is 5.32 Å². The number of hydrogen-bond donors (Lipinski definition) is 1. The molecule has 3 rings (SSSR count). The average molecular weight is 282 g/mol. The summed E-state index contributed by atoms with van der Waals surface area (Å²) in [6.07, 6.45) is 1.71. The van der Waals surface area contributed by atoms with E-state index in [0.717, 1.165) is 16.3 Å². The Hall–Kier alpha value is -2.76. The van der Waals surface area contributed by atoms with E-state index in [1.165, 1.54) is 7.05 Å². The molecule has 6 heteroatoms. The molecule has 1 aliphatic heterocycles. The number of imide groups is 1. The van der Waals surface area contributed by atoms with Gasteiger partial charge in [-0.25, -0.2) is 9.97 Å². The fourth-order valence-electron chi connectivity index (χ4n) is 2.27. The van der Waals surface area contributed by atoms with E-state index in [4.69, 9.17) is 0 Å². The Bertz CT molecular complexity index is 742. The molecular formula is C15H14N4O2. The first-order valence-corrected chi connectivity index (χ1v) is 6.55. The van der Waals surface area contributed by atoms with E-state index >= 15 is 0 Å². The van der Waals surface area contributed by atoms with E-state index in [0.29, 0.717) is 23.5 Å². The second-order valence-corrected chi connectivity index (χ2v) is 4.88. The van der Waals surface area contributed by atoms with Crippen molar-refractivity contribution < 1.29 is 9.59 Å². The molecule has 2 amide bonds. The number of hydrogen-bond acceptors (Lipinski definition) is 5. The van der Waals surface area contributed by atoms with Gasteiger partial charge in [0.2, 0.25) is 0 Å². The van der Waals surface area contributed by atoms with Crippen molar-refractivity contribution in [2.24, 2.45) is 0 Å². The summed E-state index contributed by atoms with van der Waals surface area (Å²) in [5.41, 5.74) is 2.53.